The van der Waals surface area contributed by atoms with E-state index in [4.69, 9.17) is 4.74 Å². The van der Waals surface area contributed by atoms with Gasteiger partial charge < -0.3 is 4.74 Å². The van der Waals surface area contributed by atoms with Crippen LogP contribution in [0, 0.1) is 6.92 Å². The Balaban J connectivity index is 2.10. The van der Waals surface area contributed by atoms with Gasteiger partial charge in [-0.15, -0.1) is 0 Å². The van der Waals surface area contributed by atoms with Gasteiger partial charge in [0.1, 0.15) is 11.6 Å². The number of aromatic nitrogens is 2. The van der Waals surface area contributed by atoms with Crippen LogP contribution in [0.3, 0.4) is 0 Å². The highest BCUT2D eigenvalue weighted by Gasteiger charge is 2.07. The molecule has 1 aromatic carbocycles. The Kier molecular flexibility index (Phi) is 3.86. The molecule has 0 atom stereocenters. The van der Waals surface area contributed by atoms with Crippen LogP contribution in [0.4, 0.5) is 0 Å². The highest BCUT2D eigenvalue weighted by atomic mass is 32.1. The molecule has 0 N–H and O–H groups in total. The van der Waals surface area contributed by atoms with Gasteiger partial charge in [-0.05, 0) is 32.3 Å². The number of ether oxygens (including phenoxy) is 1. The summed E-state index contributed by atoms with van der Waals surface area (Å²) < 4.78 is 9.85. The summed E-state index contributed by atoms with van der Waals surface area (Å²) >= 11 is 1.40. The molecule has 0 aliphatic carbocycles. The number of nitrogens with zero attached hydrogens (tertiary/aromatic N) is 2. The molecule has 90 valence electrons. The molecule has 0 amide bonds. The first kappa shape index (κ1) is 12.2. The van der Waals surface area contributed by atoms with Gasteiger partial charge in [-0.3, -0.25) is 0 Å². The molecule has 0 radical (unpaired) electrons. The molecule has 0 fully saturated rings. The standard InChI is InChI=1S/C13H16N2OS/c1-9(2)16-8-12-14-13(15-17-12)11-6-4-10(3)5-7-11/h4-7,9H,8H2,1-3H3. The molecular formula is C13H16N2OS. The second-order valence-electron chi connectivity index (χ2n) is 4.24. The van der Waals surface area contributed by atoms with Crippen LogP contribution in [0.1, 0.15) is 24.4 Å². The average molecular weight is 248 g/mol. The van der Waals surface area contributed by atoms with E-state index in [0.29, 0.717) is 6.61 Å². The molecule has 0 saturated carbocycles. The number of benzene rings is 1. The van der Waals surface area contributed by atoms with E-state index >= 15 is 0 Å². The molecule has 0 bridgehead atoms. The van der Waals surface area contributed by atoms with Crippen molar-refractivity contribution in [3.63, 3.8) is 0 Å². The van der Waals surface area contributed by atoms with Crippen LogP contribution in [-0.4, -0.2) is 15.5 Å². The molecule has 0 unspecified atom stereocenters. The largest absolute Gasteiger partial charge is 0.372 e. The Morgan fingerprint density at radius 2 is 1.94 bits per heavy atom. The van der Waals surface area contributed by atoms with Crippen molar-refractivity contribution in [1.29, 1.82) is 0 Å². The van der Waals surface area contributed by atoms with Gasteiger partial charge in [-0.2, -0.15) is 4.37 Å². The fourth-order valence-electron chi connectivity index (χ4n) is 1.37. The minimum Gasteiger partial charge on any atom is -0.372 e. The summed E-state index contributed by atoms with van der Waals surface area (Å²) in [5, 5.41) is 0.925. The molecule has 1 heterocycles. The minimum atomic E-state index is 0.224. The van der Waals surface area contributed by atoms with E-state index in [2.05, 4.69) is 28.4 Å². The van der Waals surface area contributed by atoms with Gasteiger partial charge in [0.25, 0.3) is 0 Å². The second kappa shape index (κ2) is 5.38. The zero-order valence-electron chi connectivity index (χ0n) is 10.3. The van der Waals surface area contributed by atoms with Crippen molar-refractivity contribution >= 4 is 11.5 Å². The summed E-state index contributed by atoms with van der Waals surface area (Å²) in [6.07, 6.45) is 0.224. The van der Waals surface area contributed by atoms with E-state index in [-0.39, 0.29) is 6.10 Å². The maximum Gasteiger partial charge on any atom is 0.173 e. The number of hydrogen-bond donors (Lipinski definition) is 0. The van der Waals surface area contributed by atoms with Crippen molar-refractivity contribution in [2.75, 3.05) is 0 Å². The summed E-state index contributed by atoms with van der Waals surface area (Å²) in [4.78, 5) is 4.46. The maximum absolute atomic E-state index is 5.50. The molecule has 2 rings (SSSR count). The Morgan fingerprint density at radius 1 is 1.24 bits per heavy atom. The topological polar surface area (TPSA) is 35.0 Å². The molecule has 0 aliphatic heterocycles. The highest BCUT2D eigenvalue weighted by Crippen LogP contribution is 2.19. The SMILES string of the molecule is Cc1ccc(-c2nsc(COC(C)C)n2)cc1. The lowest BCUT2D eigenvalue weighted by atomic mass is 10.1. The third-order valence-corrected chi connectivity index (χ3v) is 3.00. The zero-order chi connectivity index (χ0) is 12.3. The summed E-state index contributed by atoms with van der Waals surface area (Å²) in [5.74, 6) is 0.789. The van der Waals surface area contributed by atoms with Crippen LogP contribution >= 0.6 is 11.5 Å². The summed E-state index contributed by atoms with van der Waals surface area (Å²) in [6, 6.07) is 8.23. The fraction of sp³-hybridized carbons (Fsp3) is 0.385. The second-order valence-corrected chi connectivity index (χ2v) is 5.07. The lowest BCUT2D eigenvalue weighted by Crippen LogP contribution is -2.01. The predicted octanol–water partition coefficient (Wildman–Crippen LogP) is 3.44. The highest BCUT2D eigenvalue weighted by molar-refractivity contribution is 7.05. The van der Waals surface area contributed by atoms with Crippen LogP contribution in [0.25, 0.3) is 11.4 Å². The zero-order valence-corrected chi connectivity index (χ0v) is 11.1. The third kappa shape index (κ3) is 3.35. The smallest absolute Gasteiger partial charge is 0.173 e. The molecule has 0 saturated heterocycles. The lowest BCUT2D eigenvalue weighted by Gasteiger charge is -2.03. The molecular weight excluding hydrogens is 232 g/mol. The van der Waals surface area contributed by atoms with E-state index in [1.165, 1.54) is 17.1 Å². The monoisotopic (exact) mass is 248 g/mol. The first-order valence-electron chi connectivity index (χ1n) is 5.66. The van der Waals surface area contributed by atoms with Crippen molar-refractivity contribution in [2.45, 2.75) is 33.5 Å². The van der Waals surface area contributed by atoms with Crippen LogP contribution < -0.4 is 0 Å². The first-order valence-corrected chi connectivity index (χ1v) is 6.43. The molecule has 0 spiro atoms. The molecule has 1 aromatic heterocycles. The summed E-state index contributed by atoms with van der Waals surface area (Å²) in [5.41, 5.74) is 2.30. The number of hydrogen-bond acceptors (Lipinski definition) is 4. The van der Waals surface area contributed by atoms with Crippen LogP contribution in [0.15, 0.2) is 24.3 Å². The van der Waals surface area contributed by atoms with E-state index in [1.54, 1.807) is 0 Å². The Hall–Kier alpha value is -1.26. The Morgan fingerprint density at radius 3 is 2.59 bits per heavy atom. The van der Waals surface area contributed by atoms with Crippen molar-refractivity contribution in [3.05, 3.63) is 34.8 Å². The molecule has 4 heteroatoms. The lowest BCUT2D eigenvalue weighted by molar-refractivity contribution is 0.0656. The van der Waals surface area contributed by atoms with E-state index in [0.717, 1.165) is 16.4 Å². The minimum absolute atomic E-state index is 0.224. The third-order valence-electron chi connectivity index (χ3n) is 2.32. The van der Waals surface area contributed by atoms with E-state index in [1.807, 2.05) is 26.0 Å². The van der Waals surface area contributed by atoms with Crippen LogP contribution in [0.2, 0.25) is 0 Å². The number of aryl methyl sites for hydroxylation is 1. The average Bonchev–Trinajstić information content (AvgIpc) is 2.76. The molecule has 0 aliphatic rings. The van der Waals surface area contributed by atoms with Gasteiger partial charge in [-0.25, -0.2) is 4.98 Å². The van der Waals surface area contributed by atoms with Gasteiger partial charge in [0, 0.05) is 5.56 Å². The van der Waals surface area contributed by atoms with Gasteiger partial charge in [0.05, 0.1) is 6.10 Å². The van der Waals surface area contributed by atoms with Crippen molar-refractivity contribution < 1.29 is 4.74 Å². The summed E-state index contributed by atoms with van der Waals surface area (Å²) in [7, 11) is 0. The summed E-state index contributed by atoms with van der Waals surface area (Å²) in [6.45, 7) is 6.64. The van der Waals surface area contributed by atoms with Gasteiger partial charge in [-0.1, -0.05) is 29.8 Å². The van der Waals surface area contributed by atoms with Gasteiger partial charge >= 0.3 is 0 Å². The normalized spacial score (nSPS) is 11.1. The molecule has 17 heavy (non-hydrogen) atoms. The van der Waals surface area contributed by atoms with E-state index < -0.39 is 0 Å². The van der Waals surface area contributed by atoms with Crippen molar-refractivity contribution in [1.82, 2.24) is 9.36 Å². The van der Waals surface area contributed by atoms with E-state index in [9.17, 15) is 0 Å². The Bertz CT molecular complexity index is 476. The van der Waals surface area contributed by atoms with Gasteiger partial charge in [0.2, 0.25) is 0 Å². The van der Waals surface area contributed by atoms with Gasteiger partial charge in [0.15, 0.2) is 5.82 Å². The molecule has 3 nitrogen and oxygen atoms in total. The fourth-order valence-corrected chi connectivity index (χ4v) is 1.96. The van der Waals surface area contributed by atoms with Crippen molar-refractivity contribution in [3.8, 4) is 11.4 Å². The van der Waals surface area contributed by atoms with Crippen molar-refractivity contribution in [2.24, 2.45) is 0 Å². The Labute approximate surface area is 106 Å². The maximum atomic E-state index is 5.50. The van der Waals surface area contributed by atoms with Crippen LogP contribution in [-0.2, 0) is 11.3 Å². The first-order chi connectivity index (χ1) is 8.15. The van der Waals surface area contributed by atoms with Crippen LogP contribution in [0.5, 0.6) is 0 Å². The quantitative estimate of drug-likeness (QED) is 0.831. The molecule has 2 aromatic rings. The predicted molar refractivity (Wildman–Crippen MR) is 70.0 cm³/mol. The number of rotatable bonds is 4.